The Kier molecular flexibility index (Phi) is 3.80. The van der Waals surface area contributed by atoms with E-state index in [9.17, 15) is 19.7 Å². The highest BCUT2D eigenvalue weighted by Crippen LogP contribution is 2.27. The van der Waals surface area contributed by atoms with Gasteiger partial charge in [0.05, 0.1) is 4.92 Å². The molecule has 0 aliphatic heterocycles. The molecule has 2 aromatic carbocycles. The third-order valence-corrected chi connectivity index (χ3v) is 3.05. The number of nitrogens with zero attached hydrogens (tertiary/aromatic N) is 1. The van der Waals surface area contributed by atoms with Crippen LogP contribution in [-0.4, -0.2) is 21.8 Å². The average molecular weight is 285 g/mol. The first-order valence-electron chi connectivity index (χ1n) is 6.03. The number of nitro benzene ring substituents is 1. The topological polar surface area (TPSA) is 97.5 Å². The van der Waals surface area contributed by atoms with Crippen LogP contribution in [0.3, 0.4) is 0 Å². The van der Waals surface area contributed by atoms with Gasteiger partial charge in [-0.2, -0.15) is 0 Å². The fourth-order valence-corrected chi connectivity index (χ4v) is 1.94. The predicted molar refractivity (Wildman–Crippen MR) is 75.5 cm³/mol. The molecule has 6 nitrogen and oxygen atoms in total. The summed E-state index contributed by atoms with van der Waals surface area (Å²) in [4.78, 5) is 32.4. The van der Waals surface area contributed by atoms with E-state index in [0.29, 0.717) is 16.7 Å². The fraction of sp³-hybridized carbons (Fsp3) is 0.0667. The number of ketones is 1. The molecule has 0 unspecified atom stereocenters. The zero-order valence-corrected chi connectivity index (χ0v) is 11.1. The maximum absolute atomic E-state index is 11.2. The molecule has 0 heterocycles. The molecule has 1 N–H and O–H groups in total. The van der Waals surface area contributed by atoms with Crippen molar-refractivity contribution in [2.24, 2.45) is 0 Å². The Morgan fingerprint density at radius 3 is 2.10 bits per heavy atom. The second kappa shape index (κ2) is 5.54. The van der Waals surface area contributed by atoms with Gasteiger partial charge in [0, 0.05) is 11.6 Å². The number of benzene rings is 2. The van der Waals surface area contributed by atoms with Crippen molar-refractivity contribution >= 4 is 17.4 Å². The molecule has 0 atom stereocenters. The first-order valence-corrected chi connectivity index (χ1v) is 6.03. The van der Waals surface area contributed by atoms with Crippen LogP contribution in [-0.2, 0) is 0 Å². The quantitative estimate of drug-likeness (QED) is 0.528. The molecule has 0 saturated carbocycles. The lowest BCUT2D eigenvalue weighted by atomic mass is 10.0. The van der Waals surface area contributed by atoms with Crippen molar-refractivity contribution in [3.63, 3.8) is 0 Å². The van der Waals surface area contributed by atoms with Crippen LogP contribution in [0, 0.1) is 10.1 Å². The smallest absolute Gasteiger partial charge is 0.342 e. The number of nitro groups is 1. The molecule has 0 spiro atoms. The largest absolute Gasteiger partial charge is 0.477 e. The van der Waals surface area contributed by atoms with Crippen molar-refractivity contribution in [3.8, 4) is 11.1 Å². The lowest BCUT2D eigenvalue weighted by molar-refractivity contribution is -0.385. The third kappa shape index (κ3) is 2.94. The molecule has 0 saturated heterocycles. The molecule has 0 fully saturated rings. The van der Waals surface area contributed by atoms with Gasteiger partial charge in [0.25, 0.3) is 5.69 Å². The van der Waals surface area contributed by atoms with Crippen LogP contribution in [0.15, 0.2) is 42.5 Å². The minimum atomic E-state index is -1.35. The van der Waals surface area contributed by atoms with Gasteiger partial charge in [0.2, 0.25) is 0 Å². The lowest BCUT2D eigenvalue weighted by Crippen LogP contribution is -2.02. The number of carbonyl (C=O) groups excluding carboxylic acids is 1. The first kappa shape index (κ1) is 14.4. The van der Waals surface area contributed by atoms with E-state index >= 15 is 0 Å². The monoisotopic (exact) mass is 285 g/mol. The van der Waals surface area contributed by atoms with Gasteiger partial charge >= 0.3 is 5.97 Å². The number of hydrogen-bond donors (Lipinski definition) is 1. The molecule has 6 heteroatoms. The molecule has 0 bridgehead atoms. The van der Waals surface area contributed by atoms with Gasteiger partial charge < -0.3 is 5.11 Å². The molecule has 2 aromatic rings. The van der Waals surface area contributed by atoms with Crippen LogP contribution < -0.4 is 0 Å². The molecular formula is C15H11NO5. The minimum absolute atomic E-state index is 0.0752. The minimum Gasteiger partial charge on any atom is -0.477 e. The Hall–Kier alpha value is -3.02. The van der Waals surface area contributed by atoms with Crippen molar-refractivity contribution in [2.45, 2.75) is 6.92 Å². The van der Waals surface area contributed by atoms with E-state index in [1.807, 2.05) is 0 Å². The summed E-state index contributed by atoms with van der Waals surface area (Å²) in [6.07, 6.45) is 0. The molecule has 21 heavy (non-hydrogen) atoms. The number of hydrogen-bond acceptors (Lipinski definition) is 4. The summed E-state index contributed by atoms with van der Waals surface area (Å²) in [7, 11) is 0. The number of Topliss-reactive ketones (excluding diaryl/α,β-unsaturated/α-hetero) is 1. The summed E-state index contributed by atoms with van der Waals surface area (Å²) in [5, 5.41) is 19.9. The van der Waals surface area contributed by atoms with Crippen molar-refractivity contribution in [1.82, 2.24) is 0 Å². The zero-order valence-electron chi connectivity index (χ0n) is 11.1. The van der Waals surface area contributed by atoms with Crippen LogP contribution in [0.5, 0.6) is 0 Å². The van der Waals surface area contributed by atoms with Crippen molar-refractivity contribution in [1.29, 1.82) is 0 Å². The Labute approximate surface area is 119 Å². The Balaban J connectivity index is 2.49. The summed E-state index contributed by atoms with van der Waals surface area (Å²) in [5.41, 5.74) is 0.900. The maximum Gasteiger partial charge on any atom is 0.342 e. The molecule has 0 aromatic heterocycles. The molecular weight excluding hydrogens is 274 g/mol. The van der Waals surface area contributed by atoms with Crippen LogP contribution in [0.1, 0.15) is 27.6 Å². The summed E-state index contributed by atoms with van der Waals surface area (Å²) < 4.78 is 0. The van der Waals surface area contributed by atoms with E-state index < -0.39 is 16.6 Å². The Morgan fingerprint density at radius 2 is 1.62 bits per heavy atom. The summed E-state index contributed by atoms with van der Waals surface area (Å²) in [5.74, 6) is -1.42. The molecule has 0 amide bonds. The van der Waals surface area contributed by atoms with E-state index in [0.717, 1.165) is 0 Å². The van der Waals surface area contributed by atoms with Gasteiger partial charge in [-0.05, 0) is 24.1 Å². The van der Waals surface area contributed by atoms with Gasteiger partial charge in [0.1, 0.15) is 5.56 Å². The second-order valence-electron chi connectivity index (χ2n) is 4.43. The SMILES string of the molecule is CC(=O)c1ccc(-c2ccc(C(=O)O)c([N+](=O)[O-])c2)cc1. The van der Waals surface area contributed by atoms with Crippen molar-refractivity contribution in [2.75, 3.05) is 0 Å². The van der Waals surface area contributed by atoms with Crippen molar-refractivity contribution < 1.29 is 19.6 Å². The summed E-state index contributed by atoms with van der Waals surface area (Å²) in [6, 6.07) is 10.5. The van der Waals surface area contributed by atoms with E-state index in [-0.39, 0.29) is 11.3 Å². The van der Waals surface area contributed by atoms with Crippen LogP contribution in [0.25, 0.3) is 11.1 Å². The van der Waals surface area contributed by atoms with Gasteiger partial charge in [-0.1, -0.05) is 30.3 Å². The number of rotatable bonds is 4. The summed E-state index contributed by atoms with van der Waals surface area (Å²) in [6.45, 7) is 1.45. The van der Waals surface area contributed by atoms with E-state index in [1.165, 1.54) is 25.1 Å². The lowest BCUT2D eigenvalue weighted by Gasteiger charge is -2.04. The van der Waals surface area contributed by atoms with E-state index in [4.69, 9.17) is 5.11 Å². The molecule has 0 aliphatic rings. The maximum atomic E-state index is 11.2. The molecule has 0 radical (unpaired) electrons. The first-order chi connectivity index (χ1) is 9.90. The molecule has 106 valence electrons. The van der Waals surface area contributed by atoms with E-state index in [1.54, 1.807) is 24.3 Å². The van der Waals surface area contributed by atoms with Gasteiger partial charge in [-0.15, -0.1) is 0 Å². The van der Waals surface area contributed by atoms with Gasteiger partial charge in [-0.25, -0.2) is 4.79 Å². The fourth-order valence-electron chi connectivity index (χ4n) is 1.94. The highest BCUT2D eigenvalue weighted by molar-refractivity contribution is 5.95. The van der Waals surface area contributed by atoms with Gasteiger partial charge in [0.15, 0.2) is 5.78 Å². The third-order valence-electron chi connectivity index (χ3n) is 3.05. The standard InChI is InChI=1S/C15H11NO5/c1-9(17)10-2-4-11(5-3-10)12-6-7-13(15(18)19)14(8-12)16(20)21/h2-8H,1H3,(H,18,19). The predicted octanol–water partition coefficient (Wildman–Crippen LogP) is 3.16. The number of carboxylic acid groups (broad SMARTS) is 1. The second-order valence-corrected chi connectivity index (χ2v) is 4.43. The van der Waals surface area contributed by atoms with Crippen LogP contribution in [0.2, 0.25) is 0 Å². The number of carbonyl (C=O) groups is 2. The van der Waals surface area contributed by atoms with Crippen LogP contribution in [0.4, 0.5) is 5.69 Å². The van der Waals surface area contributed by atoms with Crippen LogP contribution >= 0.6 is 0 Å². The van der Waals surface area contributed by atoms with E-state index in [2.05, 4.69) is 0 Å². The Morgan fingerprint density at radius 1 is 1.05 bits per heavy atom. The highest BCUT2D eigenvalue weighted by Gasteiger charge is 2.20. The average Bonchev–Trinajstić information content (AvgIpc) is 2.46. The van der Waals surface area contributed by atoms with Crippen molar-refractivity contribution in [3.05, 3.63) is 63.7 Å². The van der Waals surface area contributed by atoms with Gasteiger partial charge in [-0.3, -0.25) is 14.9 Å². The normalized spacial score (nSPS) is 10.1. The zero-order chi connectivity index (χ0) is 15.6. The molecule has 0 aliphatic carbocycles. The molecule has 2 rings (SSSR count). The number of carboxylic acids is 1. The highest BCUT2D eigenvalue weighted by atomic mass is 16.6. The Bertz CT molecular complexity index is 734. The summed E-state index contributed by atoms with van der Waals surface area (Å²) >= 11 is 0. The number of aromatic carboxylic acids is 1.